The predicted molar refractivity (Wildman–Crippen MR) is 166 cm³/mol. The molecule has 9 nitrogen and oxygen atoms in total. The van der Waals surface area contributed by atoms with E-state index >= 15 is 0 Å². The lowest BCUT2D eigenvalue weighted by molar-refractivity contribution is 0.0276. The molecular formula is C31H38N6O3Si. The van der Waals surface area contributed by atoms with E-state index in [9.17, 15) is 4.79 Å². The zero-order valence-electron chi connectivity index (χ0n) is 24.7. The molecule has 0 fully saturated rings. The van der Waals surface area contributed by atoms with Crippen molar-refractivity contribution in [1.29, 1.82) is 0 Å². The normalized spacial score (nSPS) is 15.3. The molecule has 1 N–H and O–H groups in total. The van der Waals surface area contributed by atoms with Crippen LogP contribution >= 0.6 is 0 Å². The summed E-state index contributed by atoms with van der Waals surface area (Å²) in [7, 11) is 6.26. The van der Waals surface area contributed by atoms with Crippen LogP contribution in [0.25, 0.3) is 10.4 Å². The van der Waals surface area contributed by atoms with Gasteiger partial charge >= 0.3 is 6.09 Å². The van der Waals surface area contributed by atoms with Gasteiger partial charge in [-0.2, -0.15) is 0 Å². The van der Waals surface area contributed by atoms with Gasteiger partial charge in [0.15, 0.2) is 0 Å². The highest BCUT2D eigenvalue weighted by atomic mass is 28.3. The first-order valence-corrected chi connectivity index (χ1v) is 16.9. The minimum absolute atomic E-state index is 0.161. The lowest BCUT2D eigenvalue weighted by Gasteiger charge is -2.45. The van der Waals surface area contributed by atoms with Crippen LogP contribution in [0, 0.1) is 0 Å². The molecule has 0 unspecified atom stereocenters. The Morgan fingerprint density at radius 1 is 1.00 bits per heavy atom. The van der Waals surface area contributed by atoms with Crippen molar-refractivity contribution in [3.63, 3.8) is 0 Å². The molecule has 0 atom stereocenters. The monoisotopic (exact) mass is 570 g/mol. The molecule has 2 aliphatic heterocycles. The Balaban J connectivity index is 1.51. The average Bonchev–Trinajstić information content (AvgIpc) is 3.34. The second-order valence-corrected chi connectivity index (χ2v) is 16.0. The minimum Gasteiger partial charge on any atom is -0.445 e. The quantitative estimate of drug-likeness (QED) is 0.139. The first-order chi connectivity index (χ1) is 19.6. The van der Waals surface area contributed by atoms with Gasteiger partial charge in [-0.1, -0.05) is 42.5 Å². The SMILES string of the molecule is CN(C)c1ccc2c(c1)[Si](C)(C)c1cc(N(C)C)ccc1C21OCc2cc(COC(=O)NCCCN=[N+]=[N-])ccc21. The fraction of sp³-hybridized carbons (Fsp3) is 0.387. The predicted octanol–water partition coefficient (Wildman–Crippen LogP) is 4.70. The van der Waals surface area contributed by atoms with Crippen LogP contribution in [0.4, 0.5) is 16.2 Å². The average molecular weight is 571 g/mol. The van der Waals surface area contributed by atoms with E-state index < -0.39 is 19.8 Å². The summed E-state index contributed by atoms with van der Waals surface area (Å²) in [5.41, 5.74) is 15.6. The number of ether oxygens (including phenoxy) is 2. The highest BCUT2D eigenvalue weighted by Gasteiger charge is 2.53. The number of carbonyl (C=O) groups excluding carboxylic acids is 1. The Labute approximate surface area is 242 Å². The molecule has 5 rings (SSSR count). The number of anilines is 2. The zero-order chi connectivity index (χ0) is 29.4. The van der Waals surface area contributed by atoms with Gasteiger partial charge in [-0.15, -0.1) is 0 Å². The Morgan fingerprint density at radius 3 is 2.20 bits per heavy atom. The molecule has 10 heteroatoms. The molecule has 2 heterocycles. The summed E-state index contributed by atoms with van der Waals surface area (Å²) in [6.07, 6.45) is 0.0708. The third-order valence-electron chi connectivity index (χ3n) is 8.27. The van der Waals surface area contributed by atoms with Crippen LogP contribution in [0.5, 0.6) is 0 Å². The van der Waals surface area contributed by atoms with Crippen LogP contribution in [0.2, 0.25) is 13.1 Å². The van der Waals surface area contributed by atoms with Crippen molar-refractivity contribution < 1.29 is 14.3 Å². The van der Waals surface area contributed by atoms with Crippen molar-refractivity contribution in [2.75, 3.05) is 51.1 Å². The van der Waals surface area contributed by atoms with Crippen molar-refractivity contribution >= 4 is 35.9 Å². The van der Waals surface area contributed by atoms with Crippen LogP contribution in [-0.4, -0.2) is 55.4 Å². The standard InChI is InChI=1S/C31H38N6O3Si/c1-36(2)23-9-12-26-28(17-23)41(5,6)29-18-24(37(3)4)10-13-27(29)31(26)25-11-8-21(16-22(25)20-40-31)19-39-30(38)33-14-7-15-34-35-32/h8-13,16-18H,7,14-15,19-20H2,1-6H3,(H,33,38). The number of hydrogen-bond donors (Lipinski definition) is 1. The largest absolute Gasteiger partial charge is 0.445 e. The summed E-state index contributed by atoms with van der Waals surface area (Å²) >= 11 is 0. The summed E-state index contributed by atoms with van der Waals surface area (Å²) in [5, 5.41) is 8.94. The van der Waals surface area contributed by atoms with Crippen LogP contribution in [0.15, 0.2) is 59.7 Å². The summed E-state index contributed by atoms with van der Waals surface area (Å²) < 4.78 is 12.3. The maximum atomic E-state index is 12.1. The van der Waals surface area contributed by atoms with Gasteiger partial charge in [0.1, 0.15) is 20.3 Å². The number of azide groups is 1. The van der Waals surface area contributed by atoms with Crippen LogP contribution in [-0.2, 0) is 28.3 Å². The molecule has 0 saturated carbocycles. The number of nitrogens with one attached hydrogen (secondary N) is 1. The third-order valence-corrected chi connectivity index (χ3v) is 11.8. The first kappa shape index (κ1) is 28.5. The van der Waals surface area contributed by atoms with E-state index in [1.54, 1.807) is 0 Å². The second-order valence-electron chi connectivity index (χ2n) is 11.6. The van der Waals surface area contributed by atoms with E-state index in [1.807, 2.05) is 6.07 Å². The van der Waals surface area contributed by atoms with Gasteiger partial charge in [-0.05, 0) is 80.5 Å². The molecule has 214 valence electrons. The third kappa shape index (κ3) is 5.03. The zero-order valence-corrected chi connectivity index (χ0v) is 25.7. The van der Waals surface area contributed by atoms with E-state index in [2.05, 4.69) is 115 Å². The van der Waals surface area contributed by atoms with Gasteiger partial charge < -0.3 is 24.6 Å². The summed E-state index contributed by atoms with van der Waals surface area (Å²) in [6, 6.07) is 19.9. The molecule has 0 aromatic heterocycles. The Hall–Kier alpha value is -3.98. The highest BCUT2D eigenvalue weighted by molar-refractivity contribution is 7.01. The van der Waals surface area contributed by atoms with E-state index in [-0.39, 0.29) is 6.61 Å². The fourth-order valence-electron chi connectivity index (χ4n) is 6.05. The van der Waals surface area contributed by atoms with Gasteiger partial charge in [0, 0.05) is 57.6 Å². The number of rotatable bonds is 8. The first-order valence-electron chi connectivity index (χ1n) is 13.9. The van der Waals surface area contributed by atoms with Crippen molar-refractivity contribution in [3.05, 3.63) is 92.9 Å². The summed E-state index contributed by atoms with van der Waals surface area (Å²) in [4.78, 5) is 19.2. The lowest BCUT2D eigenvalue weighted by Crippen LogP contribution is -2.63. The molecule has 3 aromatic rings. The highest BCUT2D eigenvalue weighted by Crippen LogP contribution is 2.49. The number of hydrogen-bond acceptors (Lipinski definition) is 6. The number of alkyl carbamates (subject to hydrolysis) is 1. The summed E-state index contributed by atoms with van der Waals surface area (Å²) in [6.45, 7) is 6.24. The molecule has 1 amide bonds. The van der Waals surface area contributed by atoms with Crippen LogP contribution < -0.4 is 25.5 Å². The molecular weight excluding hydrogens is 532 g/mol. The van der Waals surface area contributed by atoms with Gasteiger partial charge in [0.2, 0.25) is 0 Å². The summed E-state index contributed by atoms with van der Waals surface area (Å²) in [5.74, 6) is 0. The van der Waals surface area contributed by atoms with E-state index in [4.69, 9.17) is 15.0 Å². The van der Waals surface area contributed by atoms with Crippen molar-refractivity contribution in [3.8, 4) is 0 Å². The Kier molecular flexibility index (Phi) is 7.74. The molecule has 0 bridgehead atoms. The van der Waals surface area contributed by atoms with Gasteiger partial charge in [-0.3, -0.25) is 0 Å². The van der Waals surface area contributed by atoms with Crippen molar-refractivity contribution in [2.24, 2.45) is 5.11 Å². The number of amides is 1. The van der Waals surface area contributed by atoms with Crippen molar-refractivity contribution in [1.82, 2.24) is 5.32 Å². The topological polar surface area (TPSA) is 103 Å². The smallest absolute Gasteiger partial charge is 0.407 e. The van der Waals surface area contributed by atoms with Crippen molar-refractivity contribution in [2.45, 2.75) is 38.3 Å². The van der Waals surface area contributed by atoms with Crippen LogP contribution in [0.3, 0.4) is 0 Å². The second kappa shape index (κ2) is 11.1. The molecule has 0 aliphatic carbocycles. The number of nitrogens with zero attached hydrogens (tertiary/aromatic N) is 5. The molecule has 3 aromatic carbocycles. The number of carbonyl (C=O) groups is 1. The minimum atomic E-state index is -2.08. The molecule has 2 aliphatic rings. The fourth-order valence-corrected chi connectivity index (χ4v) is 9.23. The Bertz CT molecular complexity index is 1470. The molecule has 41 heavy (non-hydrogen) atoms. The molecule has 1 spiro atoms. The van der Waals surface area contributed by atoms with Crippen LogP contribution in [0.1, 0.15) is 34.2 Å². The Morgan fingerprint density at radius 2 is 1.61 bits per heavy atom. The molecule has 0 radical (unpaired) electrons. The van der Waals surface area contributed by atoms with Gasteiger partial charge in [0.25, 0.3) is 0 Å². The number of fused-ring (bicyclic) bond motifs is 6. The van der Waals surface area contributed by atoms with E-state index in [0.29, 0.717) is 26.1 Å². The number of benzene rings is 3. The van der Waals surface area contributed by atoms with E-state index in [0.717, 1.165) is 16.7 Å². The molecule has 0 saturated heterocycles. The van der Waals surface area contributed by atoms with Gasteiger partial charge in [-0.25, -0.2) is 4.79 Å². The maximum Gasteiger partial charge on any atom is 0.407 e. The van der Waals surface area contributed by atoms with Gasteiger partial charge in [0.05, 0.1) is 6.61 Å². The lowest BCUT2D eigenvalue weighted by atomic mass is 9.79. The maximum absolute atomic E-state index is 12.1. The van der Waals surface area contributed by atoms with E-state index in [1.165, 1.54) is 32.9 Å².